The van der Waals surface area contributed by atoms with Crippen LogP contribution >= 0.6 is 0 Å². The van der Waals surface area contributed by atoms with E-state index in [0.717, 1.165) is 5.56 Å². The molecule has 0 aromatic heterocycles. The number of hydrogen-bond acceptors (Lipinski definition) is 5. The number of rotatable bonds is 7. The first kappa shape index (κ1) is 22.2. The van der Waals surface area contributed by atoms with Gasteiger partial charge in [0.2, 0.25) is 5.91 Å². The monoisotopic (exact) mass is 422 g/mol. The summed E-state index contributed by atoms with van der Waals surface area (Å²) in [6.45, 7) is 5.09. The molecule has 1 heterocycles. The van der Waals surface area contributed by atoms with Crippen LogP contribution < -0.4 is 5.32 Å². The van der Waals surface area contributed by atoms with Crippen LogP contribution in [0, 0.1) is 5.92 Å². The van der Waals surface area contributed by atoms with Crippen LogP contribution in [0.3, 0.4) is 0 Å². The lowest BCUT2D eigenvalue weighted by molar-refractivity contribution is -0.157. The van der Waals surface area contributed by atoms with Gasteiger partial charge in [-0.2, -0.15) is 0 Å². The summed E-state index contributed by atoms with van der Waals surface area (Å²) in [5.41, 5.74) is 1.91. The van der Waals surface area contributed by atoms with E-state index in [2.05, 4.69) is 5.32 Å². The zero-order valence-electron chi connectivity index (χ0n) is 17.8. The average molecular weight is 422 g/mol. The van der Waals surface area contributed by atoms with Crippen molar-refractivity contribution in [3.05, 3.63) is 65.7 Å². The van der Waals surface area contributed by atoms with Gasteiger partial charge in [0.1, 0.15) is 0 Å². The Morgan fingerprint density at radius 2 is 1.77 bits per heavy atom. The van der Waals surface area contributed by atoms with Gasteiger partial charge in [-0.1, -0.05) is 42.5 Å². The molecule has 2 amide bonds. The van der Waals surface area contributed by atoms with Crippen LogP contribution in [0.25, 0.3) is 0 Å². The first-order chi connectivity index (χ1) is 14.8. The molecule has 0 bridgehead atoms. The van der Waals surface area contributed by atoms with E-state index in [9.17, 15) is 19.2 Å². The van der Waals surface area contributed by atoms with Crippen molar-refractivity contribution < 1.29 is 23.9 Å². The van der Waals surface area contributed by atoms with Crippen molar-refractivity contribution in [3.8, 4) is 0 Å². The third kappa shape index (κ3) is 5.36. The van der Waals surface area contributed by atoms with E-state index in [4.69, 9.17) is 4.74 Å². The van der Waals surface area contributed by atoms with E-state index < -0.39 is 23.9 Å². The summed E-state index contributed by atoms with van der Waals surface area (Å²) in [7, 11) is 0. The van der Waals surface area contributed by atoms with Crippen LogP contribution in [0.15, 0.2) is 54.6 Å². The number of nitrogens with zero attached hydrogens (tertiary/aromatic N) is 1. The van der Waals surface area contributed by atoms with Gasteiger partial charge in [-0.15, -0.1) is 0 Å². The summed E-state index contributed by atoms with van der Waals surface area (Å²) in [6.07, 6.45) is -0.977. The van der Waals surface area contributed by atoms with Crippen molar-refractivity contribution in [3.63, 3.8) is 0 Å². The molecule has 0 unspecified atom stereocenters. The second kappa shape index (κ2) is 9.55. The van der Waals surface area contributed by atoms with Crippen LogP contribution in [-0.4, -0.2) is 41.1 Å². The quantitative estimate of drug-likeness (QED) is 0.546. The molecule has 162 valence electrons. The maximum absolute atomic E-state index is 12.6. The molecule has 1 aliphatic rings. The maximum atomic E-state index is 12.6. The van der Waals surface area contributed by atoms with Crippen molar-refractivity contribution in [2.24, 2.45) is 5.92 Å². The van der Waals surface area contributed by atoms with E-state index >= 15 is 0 Å². The zero-order valence-corrected chi connectivity index (χ0v) is 17.8. The Kier molecular flexibility index (Phi) is 6.84. The highest BCUT2D eigenvalue weighted by Gasteiger charge is 2.38. The molecule has 2 aromatic rings. The van der Waals surface area contributed by atoms with Gasteiger partial charge in [0, 0.05) is 24.2 Å². The number of anilines is 1. The Labute approximate surface area is 181 Å². The second-order valence-electron chi connectivity index (χ2n) is 7.74. The number of Topliss-reactive ketones (excluding diaryl/α,β-unsaturated/α-hetero) is 1. The molecule has 31 heavy (non-hydrogen) atoms. The number of benzene rings is 2. The number of carbonyl (C=O) groups excluding carboxylic acids is 4. The lowest BCUT2D eigenvalue weighted by Gasteiger charge is -2.25. The molecule has 1 saturated heterocycles. The van der Waals surface area contributed by atoms with Crippen molar-refractivity contribution in [1.82, 2.24) is 4.90 Å². The van der Waals surface area contributed by atoms with Crippen LogP contribution in [0.5, 0.6) is 0 Å². The predicted octanol–water partition coefficient (Wildman–Crippen LogP) is 3.37. The van der Waals surface area contributed by atoms with E-state index in [-0.39, 0.29) is 30.7 Å². The number of nitrogens with one attached hydrogen (secondary N) is 1. The fraction of sp³-hybridized carbons (Fsp3) is 0.333. The fourth-order valence-corrected chi connectivity index (χ4v) is 3.56. The summed E-state index contributed by atoms with van der Waals surface area (Å²) >= 11 is 0. The fourth-order valence-electron chi connectivity index (χ4n) is 3.56. The van der Waals surface area contributed by atoms with Gasteiger partial charge in [-0.05, 0) is 38.5 Å². The molecule has 1 aliphatic heterocycles. The lowest BCUT2D eigenvalue weighted by Crippen LogP contribution is -2.33. The minimum atomic E-state index is -1.04. The van der Waals surface area contributed by atoms with Crippen molar-refractivity contribution in [2.75, 3.05) is 11.9 Å². The van der Waals surface area contributed by atoms with Crippen molar-refractivity contribution in [2.45, 2.75) is 39.3 Å². The van der Waals surface area contributed by atoms with Gasteiger partial charge in [0.15, 0.2) is 11.9 Å². The molecule has 0 saturated carbocycles. The Hall–Kier alpha value is -3.48. The predicted molar refractivity (Wildman–Crippen MR) is 115 cm³/mol. The van der Waals surface area contributed by atoms with Crippen LogP contribution in [0.4, 0.5) is 5.69 Å². The van der Waals surface area contributed by atoms with Gasteiger partial charge >= 0.3 is 5.97 Å². The third-order valence-electron chi connectivity index (χ3n) is 5.44. The molecule has 7 heteroatoms. The lowest BCUT2D eigenvalue weighted by atomic mass is 10.1. The SMILES string of the molecule is CC(=O)c1cccc(NC(=O)[C@H](C)OC(=O)[C@@H]2CC(=O)N([C@H](C)c3ccccc3)C2)c1. The van der Waals surface area contributed by atoms with E-state index in [1.807, 2.05) is 37.3 Å². The number of hydrogen-bond donors (Lipinski definition) is 1. The molecular weight excluding hydrogens is 396 g/mol. The van der Waals surface area contributed by atoms with Crippen LogP contribution in [-0.2, 0) is 19.1 Å². The van der Waals surface area contributed by atoms with E-state index in [0.29, 0.717) is 11.3 Å². The Bertz CT molecular complexity index is 988. The molecule has 1 N–H and O–H groups in total. The summed E-state index contributed by atoms with van der Waals surface area (Å²) in [5.74, 6) is -1.92. The first-order valence-electron chi connectivity index (χ1n) is 10.2. The second-order valence-corrected chi connectivity index (χ2v) is 7.74. The number of ether oxygens (including phenoxy) is 1. The molecule has 0 spiro atoms. The number of likely N-dealkylation sites (tertiary alicyclic amines) is 1. The number of carbonyl (C=O) groups is 4. The average Bonchev–Trinajstić information content (AvgIpc) is 3.15. The molecule has 2 aromatic carbocycles. The van der Waals surface area contributed by atoms with E-state index in [1.54, 1.807) is 29.2 Å². The summed E-state index contributed by atoms with van der Waals surface area (Å²) in [6, 6.07) is 16.0. The van der Waals surface area contributed by atoms with Crippen LogP contribution in [0.1, 0.15) is 49.2 Å². The zero-order chi connectivity index (χ0) is 22.5. The standard InChI is InChI=1S/C24H26N2O5/c1-15(18-8-5-4-6-9-18)26-14-20(13-22(26)28)24(30)31-17(3)23(29)25-21-11-7-10-19(12-21)16(2)27/h4-12,15,17,20H,13-14H2,1-3H3,(H,25,29)/t15-,17+,20-/m1/s1. The highest BCUT2D eigenvalue weighted by molar-refractivity contribution is 5.98. The number of amides is 2. The molecule has 3 rings (SSSR count). The maximum Gasteiger partial charge on any atom is 0.312 e. The molecule has 1 fully saturated rings. The summed E-state index contributed by atoms with van der Waals surface area (Å²) in [5, 5.41) is 2.64. The van der Waals surface area contributed by atoms with E-state index in [1.165, 1.54) is 13.8 Å². The highest BCUT2D eigenvalue weighted by atomic mass is 16.5. The molecular formula is C24H26N2O5. The summed E-state index contributed by atoms with van der Waals surface area (Å²) in [4.78, 5) is 50.6. The Balaban J connectivity index is 1.57. The minimum absolute atomic E-state index is 0.0605. The third-order valence-corrected chi connectivity index (χ3v) is 5.44. The van der Waals surface area contributed by atoms with Gasteiger partial charge in [0.25, 0.3) is 5.91 Å². The van der Waals surface area contributed by atoms with Gasteiger partial charge in [0.05, 0.1) is 12.0 Å². The molecule has 3 atom stereocenters. The number of esters is 1. The van der Waals surface area contributed by atoms with Crippen molar-refractivity contribution >= 4 is 29.3 Å². The van der Waals surface area contributed by atoms with Crippen molar-refractivity contribution in [1.29, 1.82) is 0 Å². The van der Waals surface area contributed by atoms with Gasteiger partial charge < -0.3 is 15.0 Å². The highest BCUT2D eigenvalue weighted by Crippen LogP contribution is 2.29. The van der Waals surface area contributed by atoms with Crippen LogP contribution in [0.2, 0.25) is 0 Å². The molecule has 0 radical (unpaired) electrons. The normalized spacial score (nSPS) is 17.7. The number of ketones is 1. The Morgan fingerprint density at radius 3 is 2.45 bits per heavy atom. The van der Waals surface area contributed by atoms with Gasteiger partial charge in [-0.25, -0.2) is 0 Å². The largest absolute Gasteiger partial charge is 0.452 e. The minimum Gasteiger partial charge on any atom is -0.452 e. The first-order valence-corrected chi connectivity index (χ1v) is 10.2. The Morgan fingerprint density at radius 1 is 1.06 bits per heavy atom. The summed E-state index contributed by atoms with van der Waals surface area (Å²) < 4.78 is 5.33. The van der Waals surface area contributed by atoms with Gasteiger partial charge in [-0.3, -0.25) is 19.2 Å². The molecule has 0 aliphatic carbocycles. The smallest absolute Gasteiger partial charge is 0.312 e. The topological polar surface area (TPSA) is 92.8 Å². The molecule has 7 nitrogen and oxygen atoms in total.